The minimum absolute atomic E-state index is 0.0524. The maximum Gasteiger partial charge on any atom is 0.371 e. The standard InChI is InChI=1S/C12H9BrO3/c1-7-3-2-4-8(11(7)13)9-5-6-10(16-9)12(14)15/h2-6H,1H3,(H,14,15). The Kier molecular flexibility index (Phi) is 2.83. The molecule has 0 saturated carbocycles. The van der Waals surface area contributed by atoms with Crippen LogP contribution in [0.1, 0.15) is 16.1 Å². The van der Waals surface area contributed by atoms with Crippen LogP contribution in [0.25, 0.3) is 11.3 Å². The lowest BCUT2D eigenvalue weighted by molar-refractivity contribution is 0.0663. The van der Waals surface area contributed by atoms with E-state index in [1.807, 2.05) is 25.1 Å². The molecule has 16 heavy (non-hydrogen) atoms. The number of aromatic carboxylic acids is 1. The number of benzene rings is 1. The SMILES string of the molecule is Cc1cccc(-c2ccc(C(=O)O)o2)c1Br. The van der Waals surface area contributed by atoms with Crippen LogP contribution in [0.4, 0.5) is 0 Å². The third kappa shape index (κ3) is 1.88. The van der Waals surface area contributed by atoms with Crippen molar-refractivity contribution in [1.82, 2.24) is 0 Å². The molecule has 3 nitrogen and oxygen atoms in total. The number of carboxylic acid groups (broad SMARTS) is 1. The fraction of sp³-hybridized carbons (Fsp3) is 0.0833. The quantitative estimate of drug-likeness (QED) is 0.912. The van der Waals surface area contributed by atoms with Gasteiger partial charge in [0.15, 0.2) is 0 Å². The number of carbonyl (C=O) groups is 1. The van der Waals surface area contributed by atoms with Crippen LogP contribution < -0.4 is 0 Å². The van der Waals surface area contributed by atoms with Crippen molar-refractivity contribution in [3.8, 4) is 11.3 Å². The van der Waals surface area contributed by atoms with Crippen LogP contribution in [-0.2, 0) is 0 Å². The smallest absolute Gasteiger partial charge is 0.371 e. The number of carboxylic acids is 1. The van der Waals surface area contributed by atoms with E-state index >= 15 is 0 Å². The molecular weight excluding hydrogens is 272 g/mol. The molecule has 0 unspecified atom stereocenters. The fourth-order valence-corrected chi connectivity index (χ4v) is 1.90. The van der Waals surface area contributed by atoms with E-state index in [-0.39, 0.29) is 5.76 Å². The lowest BCUT2D eigenvalue weighted by Crippen LogP contribution is -1.91. The van der Waals surface area contributed by atoms with Crippen molar-refractivity contribution in [2.75, 3.05) is 0 Å². The van der Waals surface area contributed by atoms with Crippen LogP contribution in [0.3, 0.4) is 0 Å². The van der Waals surface area contributed by atoms with Gasteiger partial charge in [-0.1, -0.05) is 18.2 Å². The summed E-state index contributed by atoms with van der Waals surface area (Å²) in [5, 5.41) is 8.76. The maximum atomic E-state index is 10.7. The Morgan fingerprint density at radius 1 is 1.31 bits per heavy atom. The van der Waals surface area contributed by atoms with Gasteiger partial charge in [-0.25, -0.2) is 4.79 Å². The topological polar surface area (TPSA) is 50.4 Å². The summed E-state index contributed by atoms with van der Waals surface area (Å²) in [6.07, 6.45) is 0. The first-order chi connectivity index (χ1) is 7.59. The summed E-state index contributed by atoms with van der Waals surface area (Å²) in [5.74, 6) is -0.564. The average Bonchev–Trinajstić information content (AvgIpc) is 2.71. The summed E-state index contributed by atoms with van der Waals surface area (Å²) in [6, 6.07) is 8.85. The normalized spacial score (nSPS) is 10.4. The molecule has 0 fully saturated rings. The van der Waals surface area contributed by atoms with Gasteiger partial charge in [0.2, 0.25) is 5.76 Å². The van der Waals surface area contributed by atoms with Crippen molar-refractivity contribution < 1.29 is 14.3 Å². The van der Waals surface area contributed by atoms with Crippen LogP contribution in [0.2, 0.25) is 0 Å². The summed E-state index contributed by atoms with van der Waals surface area (Å²) >= 11 is 3.46. The number of rotatable bonds is 2. The molecule has 2 aromatic rings. The first-order valence-electron chi connectivity index (χ1n) is 4.68. The predicted molar refractivity (Wildman–Crippen MR) is 63.5 cm³/mol. The Hall–Kier alpha value is -1.55. The number of hydrogen-bond acceptors (Lipinski definition) is 2. The van der Waals surface area contributed by atoms with Gasteiger partial charge >= 0.3 is 5.97 Å². The molecule has 0 bridgehead atoms. The van der Waals surface area contributed by atoms with Gasteiger partial charge in [0.1, 0.15) is 5.76 Å². The van der Waals surface area contributed by atoms with Gasteiger partial charge in [0.25, 0.3) is 0 Å². The first kappa shape index (κ1) is 11.0. The van der Waals surface area contributed by atoms with E-state index in [4.69, 9.17) is 9.52 Å². The van der Waals surface area contributed by atoms with Gasteiger partial charge in [0, 0.05) is 10.0 Å². The van der Waals surface area contributed by atoms with Crippen LogP contribution >= 0.6 is 15.9 Å². The predicted octanol–water partition coefficient (Wildman–Crippen LogP) is 3.72. The molecule has 4 heteroatoms. The highest BCUT2D eigenvalue weighted by molar-refractivity contribution is 9.10. The van der Waals surface area contributed by atoms with E-state index < -0.39 is 5.97 Å². The number of furan rings is 1. The van der Waals surface area contributed by atoms with Gasteiger partial charge in [-0.2, -0.15) is 0 Å². The van der Waals surface area contributed by atoms with Crippen molar-refractivity contribution in [1.29, 1.82) is 0 Å². The summed E-state index contributed by atoms with van der Waals surface area (Å²) in [7, 11) is 0. The van der Waals surface area contributed by atoms with Gasteiger partial charge in [-0.3, -0.25) is 0 Å². The molecule has 0 spiro atoms. The highest BCUT2D eigenvalue weighted by Gasteiger charge is 2.12. The van der Waals surface area contributed by atoms with E-state index in [9.17, 15) is 4.79 Å². The molecule has 0 radical (unpaired) electrons. The minimum Gasteiger partial charge on any atom is -0.475 e. The lowest BCUT2D eigenvalue weighted by atomic mass is 10.1. The molecule has 2 rings (SSSR count). The molecule has 0 aliphatic heterocycles. The van der Waals surface area contributed by atoms with Gasteiger partial charge in [-0.15, -0.1) is 0 Å². The zero-order valence-corrected chi connectivity index (χ0v) is 10.1. The monoisotopic (exact) mass is 280 g/mol. The number of hydrogen-bond donors (Lipinski definition) is 1. The van der Waals surface area contributed by atoms with E-state index in [0.29, 0.717) is 5.76 Å². The Morgan fingerprint density at radius 2 is 2.06 bits per heavy atom. The minimum atomic E-state index is -1.06. The number of aryl methyl sites for hydroxylation is 1. The summed E-state index contributed by atoms with van der Waals surface area (Å²) in [4.78, 5) is 10.7. The highest BCUT2D eigenvalue weighted by Crippen LogP contribution is 2.31. The highest BCUT2D eigenvalue weighted by atomic mass is 79.9. The average molecular weight is 281 g/mol. The Bertz CT molecular complexity index is 543. The van der Waals surface area contributed by atoms with Crippen molar-refractivity contribution in [2.24, 2.45) is 0 Å². The second-order valence-corrected chi connectivity index (χ2v) is 4.20. The molecule has 1 aromatic heterocycles. The Balaban J connectivity index is 2.50. The molecular formula is C12H9BrO3. The summed E-state index contributed by atoms with van der Waals surface area (Å²) in [6.45, 7) is 1.97. The lowest BCUT2D eigenvalue weighted by Gasteiger charge is -2.03. The van der Waals surface area contributed by atoms with Crippen molar-refractivity contribution in [3.63, 3.8) is 0 Å². The van der Waals surface area contributed by atoms with Crippen LogP contribution in [0, 0.1) is 6.92 Å². The van der Waals surface area contributed by atoms with E-state index in [0.717, 1.165) is 15.6 Å². The maximum absolute atomic E-state index is 10.7. The van der Waals surface area contributed by atoms with Gasteiger partial charge in [0.05, 0.1) is 0 Å². The van der Waals surface area contributed by atoms with E-state index in [1.54, 1.807) is 6.07 Å². The van der Waals surface area contributed by atoms with E-state index in [2.05, 4.69) is 15.9 Å². The van der Waals surface area contributed by atoms with Gasteiger partial charge in [-0.05, 0) is 40.5 Å². The van der Waals surface area contributed by atoms with Crippen molar-refractivity contribution in [3.05, 3.63) is 46.1 Å². The van der Waals surface area contributed by atoms with Crippen molar-refractivity contribution in [2.45, 2.75) is 6.92 Å². The van der Waals surface area contributed by atoms with E-state index in [1.165, 1.54) is 6.07 Å². The Morgan fingerprint density at radius 3 is 2.69 bits per heavy atom. The Labute approximate surface area is 101 Å². The molecule has 0 aliphatic rings. The summed E-state index contributed by atoms with van der Waals surface area (Å²) < 4.78 is 6.16. The summed E-state index contributed by atoms with van der Waals surface area (Å²) in [5.41, 5.74) is 1.93. The first-order valence-corrected chi connectivity index (χ1v) is 5.47. The molecule has 1 aromatic carbocycles. The molecule has 1 heterocycles. The van der Waals surface area contributed by atoms with Gasteiger partial charge < -0.3 is 9.52 Å². The van der Waals surface area contributed by atoms with Crippen LogP contribution in [0.15, 0.2) is 39.2 Å². The second kappa shape index (κ2) is 4.14. The molecule has 0 saturated heterocycles. The second-order valence-electron chi connectivity index (χ2n) is 3.41. The molecule has 0 amide bonds. The molecule has 1 N–H and O–H groups in total. The molecule has 0 atom stereocenters. The molecule has 0 aliphatic carbocycles. The zero-order valence-electron chi connectivity index (χ0n) is 8.53. The third-order valence-electron chi connectivity index (χ3n) is 2.27. The van der Waals surface area contributed by atoms with Crippen LogP contribution in [0.5, 0.6) is 0 Å². The molecule has 82 valence electrons. The number of halogens is 1. The van der Waals surface area contributed by atoms with Crippen LogP contribution in [-0.4, -0.2) is 11.1 Å². The van der Waals surface area contributed by atoms with Crippen molar-refractivity contribution >= 4 is 21.9 Å². The zero-order chi connectivity index (χ0) is 11.7. The largest absolute Gasteiger partial charge is 0.475 e. The fourth-order valence-electron chi connectivity index (χ4n) is 1.44. The third-order valence-corrected chi connectivity index (χ3v) is 3.33.